The van der Waals surface area contributed by atoms with Crippen LogP contribution in [0.1, 0.15) is 56.3 Å². The third-order valence-electron chi connectivity index (χ3n) is 6.96. The highest BCUT2D eigenvalue weighted by molar-refractivity contribution is 7.91. The molecule has 1 fully saturated rings. The van der Waals surface area contributed by atoms with Crippen LogP contribution in [0.3, 0.4) is 0 Å². The molecule has 1 amide bonds. The average Bonchev–Trinajstić information content (AvgIpc) is 3.36. The quantitative estimate of drug-likeness (QED) is 0.405. The van der Waals surface area contributed by atoms with E-state index < -0.39 is 37.8 Å². The molecule has 208 valence electrons. The Morgan fingerprint density at radius 1 is 1.15 bits per heavy atom. The number of ketones is 1. The fourth-order valence-corrected chi connectivity index (χ4v) is 7.34. The number of anilines is 3. The van der Waals surface area contributed by atoms with Crippen molar-refractivity contribution >= 4 is 55.0 Å². The Kier molecular flexibility index (Phi) is 7.20. The van der Waals surface area contributed by atoms with E-state index in [0.717, 1.165) is 31.7 Å². The highest BCUT2D eigenvalue weighted by Crippen LogP contribution is 2.35. The van der Waals surface area contributed by atoms with Crippen molar-refractivity contribution in [2.45, 2.75) is 56.9 Å². The molecule has 0 radical (unpaired) electrons. The number of hydrogen-bond acceptors (Lipinski definition) is 8. The number of fused-ring (bicyclic) bond motifs is 2. The Balaban J connectivity index is 1.44. The number of amides is 1. The predicted molar refractivity (Wildman–Crippen MR) is 146 cm³/mol. The van der Waals surface area contributed by atoms with Gasteiger partial charge in [0.15, 0.2) is 11.7 Å². The van der Waals surface area contributed by atoms with Gasteiger partial charge in [-0.15, -0.1) is 4.40 Å². The van der Waals surface area contributed by atoms with Gasteiger partial charge < -0.3 is 5.32 Å². The van der Waals surface area contributed by atoms with E-state index in [4.69, 9.17) is 0 Å². The summed E-state index contributed by atoms with van der Waals surface area (Å²) >= 11 is 0. The zero-order valence-electron chi connectivity index (χ0n) is 21.5. The molecule has 3 heterocycles. The minimum Gasteiger partial charge on any atom is -0.341 e. The molecule has 1 aromatic carbocycles. The van der Waals surface area contributed by atoms with E-state index in [0.29, 0.717) is 13.0 Å². The normalized spacial score (nSPS) is 20.8. The number of amidine groups is 1. The molecule has 1 aromatic heterocycles. The number of pyridine rings is 1. The zero-order valence-corrected chi connectivity index (χ0v) is 23.2. The first-order chi connectivity index (χ1) is 18.4. The lowest BCUT2D eigenvalue weighted by molar-refractivity contribution is -0.119. The van der Waals surface area contributed by atoms with Gasteiger partial charge in [-0.25, -0.2) is 4.98 Å². The molecule has 12 nitrogen and oxygen atoms in total. The molecule has 0 saturated heterocycles. The number of rotatable bonds is 8. The second-order valence-corrected chi connectivity index (χ2v) is 13.4. The van der Waals surface area contributed by atoms with Crippen LogP contribution in [-0.4, -0.2) is 51.9 Å². The molecule has 1 atom stereocenters. The van der Waals surface area contributed by atoms with Crippen LogP contribution in [0.15, 0.2) is 45.8 Å². The van der Waals surface area contributed by atoms with Gasteiger partial charge in [-0.2, -0.15) is 21.6 Å². The monoisotopic (exact) mass is 574 g/mol. The molecule has 5 rings (SSSR count). The zero-order chi connectivity index (χ0) is 27.9. The van der Waals surface area contributed by atoms with Gasteiger partial charge in [0.1, 0.15) is 16.5 Å². The van der Waals surface area contributed by atoms with Crippen LogP contribution in [0.25, 0.3) is 0 Å². The van der Waals surface area contributed by atoms with Crippen LogP contribution in [0, 0.1) is 11.8 Å². The van der Waals surface area contributed by atoms with Gasteiger partial charge in [0.25, 0.3) is 20.2 Å². The maximum absolute atomic E-state index is 13.6. The van der Waals surface area contributed by atoms with Crippen LogP contribution in [0.2, 0.25) is 0 Å². The number of carbonyl (C=O) groups excluding carboxylic acids is 2. The summed E-state index contributed by atoms with van der Waals surface area (Å²) in [4.78, 5) is 32.3. The summed E-state index contributed by atoms with van der Waals surface area (Å²) in [6.45, 7) is 4.32. The first-order valence-electron chi connectivity index (χ1n) is 12.8. The Hall–Kier alpha value is -3.36. The number of carbonyl (C=O) groups is 2. The smallest absolute Gasteiger partial charge is 0.299 e. The molecule has 14 heteroatoms. The Morgan fingerprint density at radius 3 is 2.62 bits per heavy atom. The second-order valence-electron chi connectivity index (χ2n) is 10.3. The summed E-state index contributed by atoms with van der Waals surface area (Å²) in [5, 5.41) is 2.84. The van der Waals surface area contributed by atoms with Crippen molar-refractivity contribution in [3.63, 3.8) is 0 Å². The summed E-state index contributed by atoms with van der Waals surface area (Å²) in [6, 6.07) is 6.90. The number of aromatic nitrogens is 1. The molecule has 3 aliphatic rings. The van der Waals surface area contributed by atoms with Crippen molar-refractivity contribution in [3.05, 3.63) is 42.1 Å². The lowest BCUT2D eigenvalue weighted by Crippen LogP contribution is -2.51. The van der Waals surface area contributed by atoms with E-state index in [1.54, 1.807) is 12.1 Å². The van der Waals surface area contributed by atoms with E-state index in [1.807, 2.05) is 13.8 Å². The van der Waals surface area contributed by atoms with Crippen molar-refractivity contribution in [2.24, 2.45) is 16.2 Å². The van der Waals surface area contributed by atoms with Gasteiger partial charge in [0, 0.05) is 18.8 Å². The molecular weight excluding hydrogens is 544 g/mol. The molecule has 1 aliphatic carbocycles. The van der Waals surface area contributed by atoms with Crippen LogP contribution < -0.4 is 19.7 Å². The number of sulfonamides is 1. The number of nitrogens with zero attached hydrogens (tertiary/aromatic N) is 3. The van der Waals surface area contributed by atoms with Crippen molar-refractivity contribution in [1.82, 2.24) is 9.71 Å². The molecule has 39 heavy (non-hydrogen) atoms. The number of hydrogen-bond donors (Lipinski definition) is 3. The van der Waals surface area contributed by atoms with E-state index in [1.165, 1.54) is 23.2 Å². The summed E-state index contributed by atoms with van der Waals surface area (Å²) in [7, 11) is -8.30. The molecule has 0 bridgehead atoms. The highest BCUT2D eigenvalue weighted by Gasteiger charge is 2.45. The van der Waals surface area contributed by atoms with E-state index in [9.17, 15) is 26.4 Å². The van der Waals surface area contributed by atoms with Crippen LogP contribution in [-0.2, 0) is 25.0 Å². The third-order valence-corrected chi connectivity index (χ3v) is 9.44. The number of benzene rings is 1. The van der Waals surface area contributed by atoms with E-state index >= 15 is 0 Å². The lowest BCUT2D eigenvalue weighted by Gasteiger charge is -2.34. The largest absolute Gasteiger partial charge is 0.341 e. The lowest BCUT2D eigenvalue weighted by atomic mass is 9.90. The van der Waals surface area contributed by atoms with Gasteiger partial charge in [-0.1, -0.05) is 26.7 Å². The molecule has 3 N–H and O–H groups in total. The minimum absolute atomic E-state index is 0.0351. The van der Waals surface area contributed by atoms with Crippen molar-refractivity contribution in [3.8, 4) is 0 Å². The summed E-state index contributed by atoms with van der Waals surface area (Å²) < 4.78 is 60.2. The van der Waals surface area contributed by atoms with E-state index in [-0.39, 0.29) is 45.4 Å². The Morgan fingerprint density at radius 2 is 1.90 bits per heavy atom. The topological polar surface area (TPSA) is 167 Å². The molecule has 2 aromatic rings. The van der Waals surface area contributed by atoms with Crippen molar-refractivity contribution in [1.29, 1.82) is 0 Å². The maximum Gasteiger partial charge on any atom is 0.299 e. The minimum atomic E-state index is -4.38. The summed E-state index contributed by atoms with van der Waals surface area (Å²) in [6.07, 6.45) is 5.52. The highest BCUT2D eigenvalue weighted by atomic mass is 32.2. The molecule has 1 saturated carbocycles. The summed E-state index contributed by atoms with van der Waals surface area (Å²) in [5.74, 6) is -2.50. The number of nitrogens with one attached hydrogen (secondary N) is 3. The summed E-state index contributed by atoms with van der Waals surface area (Å²) in [5.41, 5.74) is 0.323. The van der Waals surface area contributed by atoms with Gasteiger partial charge in [-0.05, 0) is 55.5 Å². The van der Waals surface area contributed by atoms with E-state index in [2.05, 4.69) is 24.1 Å². The standard InChI is InChI=1S/C25H30N6O6S2/c1-15(2)11-13-31-24-18(8-5-12-26-24)22(32)21(25(31)33)23-27-19-10-9-17(14-20(19)38(34,35)30-23)29-39(36,37)28-16-6-3-4-7-16/h5,8-10,12,14-16,21,28-29H,3-4,6-7,11,13H2,1-2H3,(H,27,30). The fraction of sp³-hybridized carbons (Fsp3) is 0.440. The van der Waals surface area contributed by atoms with Crippen LogP contribution in [0.4, 0.5) is 17.2 Å². The maximum atomic E-state index is 13.6. The Labute approximate surface area is 227 Å². The molecule has 2 aliphatic heterocycles. The number of Topliss-reactive ketones (excluding diaryl/α,β-unsaturated/α-hetero) is 1. The molecule has 0 spiro atoms. The van der Waals surface area contributed by atoms with Gasteiger partial charge in [0.2, 0.25) is 5.91 Å². The first-order valence-corrected chi connectivity index (χ1v) is 15.7. The molecule has 1 unspecified atom stereocenters. The van der Waals surface area contributed by atoms with Crippen molar-refractivity contribution in [2.75, 3.05) is 21.5 Å². The first kappa shape index (κ1) is 27.2. The average molecular weight is 575 g/mol. The molecular formula is C25H30N6O6S2. The fourth-order valence-electron chi connectivity index (χ4n) is 4.99. The van der Waals surface area contributed by atoms with Crippen LogP contribution in [0.5, 0.6) is 0 Å². The third kappa shape index (κ3) is 5.54. The SMILES string of the molecule is CC(C)CCN1C(=O)C(C2=NS(=O)(=O)c3cc(NS(=O)(=O)NC4CCCC4)ccc3N2)C(=O)c2cccnc21. The van der Waals surface area contributed by atoms with Gasteiger partial charge in [-0.3, -0.25) is 19.2 Å². The van der Waals surface area contributed by atoms with Gasteiger partial charge in [0.05, 0.1) is 16.9 Å². The van der Waals surface area contributed by atoms with Crippen LogP contribution >= 0.6 is 0 Å². The van der Waals surface area contributed by atoms with Gasteiger partial charge >= 0.3 is 0 Å². The second kappa shape index (κ2) is 10.3. The van der Waals surface area contributed by atoms with Crippen molar-refractivity contribution < 1.29 is 26.4 Å². The Bertz CT molecular complexity index is 1570. The predicted octanol–water partition coefficient (Wildman–Crippen LogP) is 2.67.